The topological polar surface area (TPSA) is 64.7 Å². The van der Waals surface area contributed by atoms with Gasteiger partial charge in [0.1, 0.15) is 0 Å². The van der Waals surface area contributed by atoms with Gasteiger partial charge in [-0.15, -0.1) is 0 Å². The van der Waals surface area contributed by atoms with Gasteiger partial charge in [0.2, 0.25) is 11.8 Å². The Morgan fingerprint density at radius 1 is 1.00 bits per heavy atom. The van der Waals surface area contributed by atoms with Gasteiger partial charge in [-0.05, 0) is 88.1 Å². The Balaban J connectivity index is 1.44. The van der Waals surface area contributed by atoms with E-state index in [9.17, 15) is 9.59 Å². The van der Waals surface area contributed by atoms with E-state index in [0.29, 0.717) is 31.5 Å². The van der Waals surface area contributed by atoms with E-state index in [0.717, 1.165) is 36.5 Å². The fraction of sp³-hybridized carbons (Fsp3) is 0.758. The van der Waals surface area contributed by atoms with Crippen LogP contribution in [0.15, 0.2) is 24.3 Å². The van der Waals surface area contributed by atoms with E-state index in [2.05, 4.69) is 27.4 Å². The number of likely N-dealkylation sites (tertiary alicyclic amines) is 2. The van der Waals surface area contributed by atoms with Gasteiger partial charge in [-0.25, -0.2) is 0 Å². The minimum absolute atomic E-state index is 0.0273. The number of rotatable bonds is 12. The van der Waals surface area contributed by atoms with Crippen molar-refractivity contribution in [3.8, 4) is 0 Å². The lowest BCUT2D eigenvalue weighted by Crippen LogP contribution is -2.62. The second kappa shape index (κ2) is 15.0. The molecule has 2 atom stereocenters. The third-order valence-corrected chi connectivity index (χ3v) is 10.1. The van der Waals surface area contributed by atoms with Crippen LogP contribution >= 0.6 is 11.6 Å². The molecule has 1 unspecified atom stereocenters. The van der Waals surface area contributed by atoms with Gasteiger partial charge in [0.25, 0.3) is 0 Å². The first-order valence-corrected chi connectivity index (χ1v) is 16.5. The number of nitrogens with zero attached hydrogens (tertiary/aromatic N) is 2. The fourth-order valence-electron chi connectivity index (χ4n) is 7.19. The average molecular weight is 573 g/mol. The summed E-state index contributed by atoms with van der Waals surface area (Å²) in [5, 5.41) is 7.95. The molecular weight excluding hydrogens is 520 g/mol. The van der Waals surface area contributed by atoms with Crippen molar-refractivity contribution in [2.45, 2.75) is 115 Å². The minimum atomic E-state index is -0.262. The smallest absolute Gasteiger partial charge is 0.240 e. The number of amides is 2. The molecule has 4 rings (SSSR count). The number of unbranched alkanes of at least 4 members (excludes halogenated alkanes) is 1. The van der Waals surface area contributed by atoms with Crippen molar-refractivity contribution >= 4 is 23.4 Å². The molecule has 6 nitrogen and oxygen atoms in total. The zero-order valence-electron chi connectivity index (χ0n) is 25.2. The Labute approximate surface area is 248 Å². The maximum absolute atomic E-state index is 14.1. The Kier molecular flexibility index (Phi) is 11.8. The van der Waals surface area contributed by atoms with Crippen molar-refractivity contribution < 1.29 is 9.59 Å². The van der Waals surface area contributed by atoms with Crippen LogP contribution in [0.5, 0.6) is 0 Å². The number of carbonyl (C=O) groups excluding carboxylic acids is 2. The average Bonchev–Trinajstić information content (AvgIpc) is 3.42. The van der Waals surface area contributed by atoms with Gasteiger partial charge in [0.05, 0.1) is 6.04 Å². The van der Waals surface area contributed by atoms with Crippen LogP contribution < -0.4 is 10.6 Å². The van der Waals surface area contributed by atoms with Gasteiger partial charge < -0.3 is 15.5 Å². The maximum Gasteiger partial charge on any atom is 0.240 e. The molecule has 2 heterocycles. The van der Waals surface area contributed by atoms with Crippen molar-refractivity contribution in [1.82, 2.24) is 20.4 Å². The summed E-state index contributed by atoms with van der Waals surface area (Å²) in [4.78, 5) is 31.7. The van der Waals surface area contributed by atoms with Crippen LogP contribution in [0.2, 0.25) is 5.02 Å². The Morgan fingerprint density at radius 3 is 2.35 bits per heavy atom. The first-order chi connectivity index (χ1) is 19.3. The summed E-state index contributed by atoms with van der Waals surface area (Å²) in [7, 11) is 0. The van der Waals surface area contributed by atoms with E-state index >= 15 is 0 Å². The minimum Gasteiger partial charge on any atom is -0.350 e. The summed E-state index contributed by atoms with van der Waals surface area (Å²) < 4.78 is 0. The first-order valence-electron chi connectivity index (χ1n) is 16.1. The molecule has 224 valence electrons. The Hall–Kier alpha value is -1.63. The van der Waals surface area contributed by atoms with Crippen molar-refractivity contribution in [2.24, 2.45) is 11.8 Å². The van der Waals surface area contributed by atoms with Gasteiger partial charge in [0, 0.05) is 42.2 Å². The maximum atomic E-state index is 14.1. The zero-order valence-corrected chi connectivity index (χ0v) is 26.0. The number of hydrogen-bond donors (Lipinski definition) is 2. The molecular formula is C33H53ClN4O2. The van der Waals surface area contributed by atoms with Crippen LogP contribution in [0, 0.1) is 11.8 Å². The van der Waals surface area contributed by atoms with Crippen molar-refractivity contribution in [3.05, 3.63) is 34.9 Å². The highest BCUT2D eigenvalue weighted by molar-refractivity contribution is 6.30. The third-order valence-electron chi connectivity index (χ3n) is 9.80. The summed E-state index contributed by atoms with van der Waals surface area (Å²) in [6.45, 7) is 10.8. The molecule has 0 bridgehead atoms. The number of halogens is 1. The van der Waals surface area contributed by atoms with Crippen LogP contribution in [0.25, 0.3) is 0 Å². The van der Waals surface area contributed by atoms with E-state index < -0.39 is 0 Å². The normalized spacial score (nSPS) is 22.9. The van der Waals surface area contributed by atoms with E-state index in [-0.39, 0.29) is 29.3 Å². The lowest BCUT2D eigenvalue weighted by Gasteiger charge is -2.49. The molecule has 1 aromatic rings. The summed E-state index contributed by atoms with van der Waals surface area (Å²) in [6.07, 6.45) is 13.4. The molecule has 3 aliphatic rings. The van der Waals surface area contributed by atoms with Crippen LogP contribution in [-0.2, 0) is 16.0 Å². The van der Waals surface area contributed by atoms with Gasteiger partial charge in [-0.3, -0.25) is 14.5 Å². The second-order valence-electron chi connectivity index (χ2n) is 12.9. The summed E-state index contributed by atoms with van der Waals surface area (Å²) in [5.41, 5.74) is 0.948. The molecule has 2 aliphatic heterocycles. The lowest BCUT2D eigenvalue weighted by molar-refractivity contribution is -0.136. The Morgan fingerprint density at radius 2 is 1.70 bits per heavy atom. The van der Waals surface area contributed by atoms with Gasteiger partial charge in [-0.2, -0.15) is 0 Å². The second-order valence-corrected chi connectivity index (χ2v) is 13.4. The zero-order chi connectivity index (χ0) is 28.5. The third kappa shape index (κ3) is 8.23. The molecule has 1 saturated carbocycles. The van der Waals surface area contributed by atoms with E-state index in [4.69, 9.17) is 11.6 Å². The number of benzene rings is 1. The van der Waals surface area contributed by atoms with Gasteiger partial charge in [-0.1, -0.05) is 70.2 Å². The van der Waals surface area contributed by atoms with Gasteiger partial charge >= 0.3 is 0 Å². The highest BCUT2D eigenvalue weighted by atomic mass is 35.5. The van der Waals surface area contributed by atoms with Crippen molar-refractivity contribution in [1.29, 1.82) is 0 Å². The highest BCUT2D eigenvalue weighted by Crippen LogP contribution is 2.39. The Bertz CT molecular complexity index is 938. The molecule has 0 aromatic heterocycles. The molecule has 3 fully saturated rings. The summed E-state index contributed by atoms with van der Waals surface area (Å²) >= 11 is 6.16. The number of piperidine rings is 1. The molecule has 40 heavy (non-hydrogen) atoms. The van der Waals surface area contributed by atoms with Crippen molar-refractivity contribution in [3.63, 3.8) is 0 Å². The quantitative estimate of drug-likeness (QED) is 0.331. The largest absolute Gasteiger partial charge is 0.350 e. The molecule has 1 aliphatic carbocycles. The molecule has 0 spiro atoms. The predicted molar refractivity (Wildman–Crippen MR) is 165 cm³/mol. The molecule has 2 amide bonds. The fourth-order valence-corrected chi connectivity index (χ4v) is 7.32. The highest BCUT2D eigenvalue weighted by Gasteiger charge is 2.44. The van der Waals surface area contributed by atoms with E-state index in [1.165, 1.54) is 64.3 Å². The van der Waals surface area contributed by atoms with Crippen LogP contribution in [0.4, 0.5) is 0 Å². The van der Waals surface area contributed by atoms with Gasteiger partial charge in [0.15, 0.2) is 0 Å². The monoisotopic (exact) mass is 572 g/mol. The van der Waals surface area contributed by atoms with Crippen molar-refractivity contribution in [2.75, 3.05) is 32.7 Å². The number of nitrogens with one attached hydrogen (secondary N) is 2. The molecule has 7 heteroatoms. The standard InChI is InChI=1S/C33H53ClN4O2/c1-4-5-19-37-20-9-12-29(37)24-35-30(23-26-13-15-28(34)16-14-26)32(40)38-21-17-33(18-22-38,36-31(39)25(2)3)27-10-7-6-8-11-27/h13-16,25,27,29-30,35H,4-12,17-24H2,1-3H3,(H,36,39)/t29?,30-/m1/s1. The van der Waals surface area contributed by atoms with Crippen LogP contribution in [-0.4, -0.2) is 72.0 Å². The van der Waals surface area contributed by atoms with Crippen LogP contribution in [0.3, 0.4) is 0 Å². The van der Waals surface area contributed by atoms with E-state index in [1.54, 1.807) is 0 Å². The predicted octanol–water partition coefficient (Wildman–Crippen LogP) is 5.82. The summed E-state index contributed by atoms with van der Waals surface area (Å²) in [6, 6.07) is 8.15. The number of carbonyl (C=O) groups is 2. The number of hydrogen-bond acceptors (Lipinski definition) is 4. The SMILES string of the molecule is CCCCN1CCCC1CN[C@H](Cc1ccc(Cl)cc1)C(=O)N1CCC(NC(=O)C(C)C)(C2CCCCC2)CC1. The molecule has 1 aromatic carbocycles. The molecule has 2 saturated heterocycles. The summed E-state index contributed by atoms with van der Waals surface area (Å²) in [5.74, 6) is 0.832. The molecule has 0 radical (unpaired) electrons. The lowest BCUT2D eigenvalue weighted by atomic mass is 9.69. The molecule has 2 N–H and O–H groups in total. The van der Waals surface area contributed by atoms with E-state index in [1.807, 2.05) is 38.1 Å². The first kappa shape index (κ1) is 31.3. The van der Waals surface area contributed by atoms with Crippen LogP contribution in [0.1, 0.15) is 97.0 Å².